The third kappa shape index (κ3) is 6.11. The molecule has 2 aliphatic heterocycles. The number of hydrogen-bond donors (Lipinski definition) is 1. The van der Waals surface area contributed by atoms with Gasteiger partial charge >= 0.3 is 18.4 Å². The molecular formula is C15H22F6N2O6S. The molecule has 2 fully saturated rings. The third-order valence-electron chi connectivity index (χ3n) is 5.20. The Labute approximate surface area is 168 Å². The zero-order valence-corrected chi connectivity index (χ0v) is 16.7. The van der Waals surface area contributed by atoms with E-state index in [1.165, 1.54) is 0 Å². The van der Waals surface area contributed by atoms with Gasteiger partial charge in [-0.3, -0.25) is 0 Å². The van der Waals surface area contributed by atoms with Crippen molar-refractivity contribution < 1.29 is 54.1 Å². The Morgan fingerprint density at radius 2 is 1.83 bits per heavy atom. The Morgan fingerprint density at radius 1 is 1.27 bits per heavy atom. The summed E-state index contributed by atoms with van der Waals surface area (Å²) in [7, 11) is -3.56. The Morgan fingerprint density at radius 3 is 2.30 bits per heavy atom. The molecule has 0 unspecified atom stereocenters. The predicted octanol–water partition coefficient (Wildman–Crippen LogP) is 1.49. The molecule has 0 radical (unpaired) electrons. The fourth-order valence-electron chi connectivity index (χ4n) is 3.44. The smallest absolute Gasteiger partial charge is 0.427 e. The van der Waals surface area contributed by atoms with Gasteiger partial charge < -0.3 is 19.5 Å². The van der Waals surface area contributed by atoms with Gasteiger partial charge in [-0.2, -0.15) is 30.6 Å². The number of carbonyl (C=O) groups excluding carboxylic acids is 1. The van der Waals surface area contributed by atoms with Crippen LogP contribution in [0.5, 0.6) is 0 Å². The molecule has 30 heavy (non-hydrogen) atoms. The number of likely N-dealkylation sites (N-methyl/N-ethyl adjacent to an activating group) is 1. The van der Waals surface area contributed by atoms with Gasteiger partial charge in [0.15, 0.2) is 5.75 Å². The number of piperidine rings is 1. The number of carbonyl (C=O) groups is 1. The Hall–Kier alpha value is -1.32. The van der Waals surface area contributed by atoms with Gasteiger partial charge in [-0.15, -0.1) is 0 Å². The van der Waals surface area contributed by atoms with E-state index in [4.69, 9.17) is 9.84 Å². The number of aliphatic hydroxyl groups excluding tert-OH is 1. The van der Waals surface area contributed by atoms with E-state index in [1.54, 1.807) is 0 Å². The number of nitrogens with zero attached hydrogens (tertiary/aromatic N) is 2. The molecule has 2 rings (SSSR count). The minimum atomic E-state index is -4.92. The number of alkyl halides is 6. The van der Waals surface area contributed by atoms with Gasteiger partial charge in [0.25, 0.3) is 0 Å². The molecule has 0 bridgehead atoms. The van der Waals surface area contributed by atoms with Gasteiger partial charge in [0.1, 0.15) is 0 Å². The Balaban J connectivity index is 1.93. The number of ether oxygens (including phenoxy) is 2. The molecule has 15 heteroatoms. The van der Waals surface area contributed by atoms with Crippen molar-refractivity contribution in [2.24, 2.45) is 0 Å². The van der Waals surface area contributed by atoms with Crippen molar-refractivity contribution in [1.29, 1.82) is 0 Å². The highest BCUT2D eigenvalue weighted by atomic mass is 32.2. The van der Waals surface area contributed by atoms with Crippen LogP contribution in [-0.4, -0.2) is 98.0 Å². The summed E-state index contributed by atoms with van der Waals surface area (Å²) in [6.45, 7) is -1.67. The van der Waals surface area contributed by atoms with E-state index < -0.39 is 58.6 Å². The number of likely N-dealkylation sites (tertiary alicyclic amines) is 1. The molecule has 0 aromatic carbocycles. The molecule has 0 saturated carbocycles. The van der Waals surface area contributed by atoms with Gasteiger partial charge in [-0.1, -0.05) is 0 Å². The summed E-state index contributed by atoms with van der Waals surface area (Å²) in [5.41, 5.74) is -0.899. The largest absolute Gasteiger partial charge is 0.434 e. The second-order valence-electron chi connectivity index (χ2n) is 7.32. The number of hydrogen-bond acceptors (Lipinski definition) is 6. The van der Waals surface area contributed by atoms with Crippen LogP contribution < -0.4 is 0 Å². The lowest BCUT2D eigenvalue weighted by atomic mass is 9.87. The molecule has 176 valence electrons. The van der Waals surface area contributed by atoms with E-state index in [0.717, 1.165) is 11.9 Å². The molecule has 0 aromatic rings. The highest BCUT2D eigenvalue weighted by molar-refractivity contribution is 7.89. The Kier molecular flexibility index (Phi) is 7.21. The van der Waals surface area contributed by atoms with Gasteiger partial charge in [-0.25, -0.2) is 13.2 Å². The predicted molar refractivity (Wildman–Crippen MR) is 88.9 cm³/mol. The molecule has 0 aromatic heterocycles. The summed E-state index contributed by atoms with van der Waals surface area (Å²) in [4.78, 5) is 12.9. The maximum atomic E-state index is 12.6. The molecule has 1 amide bonds. The maximum Gasteiger partial charge on any atom is 0.427 e. The number of rotatable bonds is 5. The van der Waals surface area contributed by atoms with E-state index in [1.807, 2.05) is 0 Å². The number of aliphatic hydroxyl groups is 1. The number of sulfonamides is 1. The first-order valence-corrected chi connectivity index (χ1v) is 10.5. The van der Waals surface area contributed by atoms with Crippen LogP contribution >= 0.6 is 0 Å². The minimum Gasteiger partial charge on any atom is -0.434 e. The zero-order valence-electron chi connectivity index (χ0n) is 15.9. The Bertz CT molecular complexity index is 720. The molecule has 2 aliphatic rings. The first-order chi connectivity index (χ1) is 13.6. The lowest BCUT2D eigenvalue weighted by molar-refractivity contribution is -0.215. The topological polar surface area (TPSA) is 96.4 Å². The summed E-state index contributed by atoms with van der Waals surface area (Å²) in [6.07, 6.45) is -13.4. The lowest BCUT2D eigenvalue weighted by Gasteiger charge is -2.38. The first kappa shape index (κ1) is 24.9. The van der Waals surface area contributed by atoms with E-state index in [9.17, 15) is 39.6 Å². The minimum absolute atomic E-state index is 0.0550. The lowest BCUT2D eigenvalue weighted by Crippen LogP contribution is -2.49. The zero-order chi connectivity index (χ0) is 23.0. The number of halogens is 6. The fourth-order valence-corrected chi connectivity index (χ4v) is 4.65. The van der Waals surface area contributed by atoms with Crippen LogP contribution in [0.4, 0.5) is 31.1 Å². The monoisotopic (exact) mass is 472 g/mol. The van der Waals surface area contributed by atoms with Crippen molar-refractivity contribution >= 4 is 16.1 Å². The van der Waals surface area contributed by atoms with Gasteiger partial charge in [0, 0.05) is 20.1 Å². The van der Waals surface area contributed by atoms with Crippen molar-refractivity contribution in [3.8, 4) is 0 Å². The maximum absolute atomic E-state index is 12.6. The second kappa shape index (κ2) is 8.67. The highest BCUT2D eigenvalue weighted by Crippen LogP contribution is 2.38. The second-order valence-corrected chi connectivity index (χ2v) is 9.35. The van der Waals surface area contributed by atoms with Crippen LogP contribution in [-0.2, 0) is 19.5 Å². The van der Waals surface area contributed by atoms with Crippen molar-refractivity contribution in [2.45, 2.75) is 49.4 Å². The van der Waals surface area contributed by atoms with Crippen LogP contribution in [0, 0.1) is 0 Å². The summed E-state index contributed by atoms with van der Waals surface area (Å²) in [5.74, 6) is -2.00. The van der Waals surface area contributed by atoms with Crippen molar-refractivity contribution in [1.82, 2.24) is 9.21 Å². The van der Waals surface area contributed by atoms with Crippen molar-refractivity contribution in [3.63, 3.8) is 0 Å². The van der Waals surface area contributed by atoms with E-state index in [-0.39, 0.29) is 39.0 Å². The average molecular weight is 472 g/mol. The number of amides is 1. The average Bonchev–Trinajstić information content (AvgIpc) is 2.99. The quantitative estimate of drug-likeness (QED) is 0.610. The fraction of sp³-hybridized carbons (Fsp3) is 0.933. The first-order valence-electron chi connectivity index (χ1n) is 8.88. The van der Waals surface area contributed by atoms with E-state index >= 15 is 0 Å². The summed E-state index contributed by atoms with van der Waals surface area (Å²) in [5, 5.41) is 8.73. The summed E-state index contributed by atoms with van der Waals surface area (Å²) in [6, 6.07) is -0.833. The van der Waals surface area contributed by atoms with Crippen LogP contribution in [0.3, 0.4) is 0 Å². The normalized spacial score (nSPS) is 23.8. The van der Waals surface area contributed by atoms with E-state index in [2.05, 4.69) is 4.74 Å². The van der Waals surface area contributed by atoms with Gasteiger partial charge in [0.05, 0.1) is 24.9 Å². The summed E-state index contributed by atoms with van der Waals surface area (Å²) >= 11 is 0. The van der Waals surface area contributed by atoms with Crippen molar-refractivity contribution in [3.05, 3.63) is 0 Å². The standard InChI is InChI=1S/C15H22F6N2O6S/c1-22(30(26,27)9-14(16,17)18)10-6-13(28-8-10)2-4-23(5-3-13)12(25)29-11(7-24)15(19,20)21/h10-11,24H,2-9H2,1H3/t10-,11-/m1/s1. The van der Waals surface area contributed by atoms with Crippen LogP contribution in [0.15, 0.2) is 0 Å². The van der Waals surface area contributed by atoms with Crippen LogP contribution in [0.2, 0.25) is 0 Å². The molecule has 2 heterocycles. The van der Waals surface area contributed by atoms with Gasteiger partial charge in [0.2, 0.25) is 16.1 Å². The molecule has 2 atom stereocenters. The molecular weight excluding hydrogens is 450 g/mol. The van der Waals surface area contributed by atoms with Crippen molar-refractivity contribution in [2.75, 3.05) is 39.1 Å². The molecule has 1 spiro atoms. The molecule has 1 N–H and O–H groups in total. The van der Waals surface area contributed by atoms with E-state index in [0.29, 0.717) is 4.31 Å². The van der Waals surface area contributed by atoms with Crippen LogP contribution in [0.1, 0.15) is 19.3 Å². The summed E-state index contributed by atoms with van der Waals surface area (Å²) < 4.78 is 110. The SMILES string of the molecule is CN([C@H]1COC2(CCN(C(=O)O[C@H](CO)C(F)(F)F)CC2)C1)S(=O)(=O)CC(F)(F)F. The third-order valence-corrected chi connectivity index (χ3v) is 7.06. The molecule has 8 nitrogen and oxygen atoms in total. The molecule has 2 saturated heterocycles. The van der Waals surface area contributed by atoms with Crippen LogP contribution in [0.25, 0.3) is 0 Å². The highest BCUT2D eigenvalue weighted by Gasteiger charge is 2.49. The molecule has 0 aliphatic carbocycles. The van der Waals surface area contributed by atoms with Gasteiger partial charge in [-0.05, 0) is 19.3 Å².